The molecule has 2 heterocycles. The Kier molecular flexibility index (Phi) is 5.60. The number of hydrogen-bond acceptors (Lipinski definition) is 5. The van der Waals surface area contributed by atoms with Crippen LogP contribution < -0.4 is 14.5 Å². The summed E-state index contributed by atoms with van der Waals surface area (Å²) in [7, 11) is -4.01. The van der Waals surface area contributed by atoms with E-state index < -0.39 is 22.2 Å². The minimum atomic E-state index is -4.01. The number of sulfonamides is 1. The number of anilines is 2. The highest BCUT2D eigenvalue weighted by Crippen LogP contribution is 2.39. The van der Waals surface area contributed by atoms with Crippen molar-refractivity contribution in [2.24, 2.45) is 0 Å². The molecule has 0 fully saturated rings. The zero-order valence-corrected chi connectivity index (χ0v) is 18.6. The molecule has 0 bridgehead atoms. The highest BCUT2D eigenvalue weighted by atomic mass is 35.5. The van der Waals surface area contributed by atoms with E-state index in [0.717, 1.165) is 11.1 Å². The van der Waals surface area contributed by atoms with Crippen molar-refractivity contribution in [2.45, 2.75) is 31.5 Å². The van der Waals surface area contributed by atoms with E-state index in [1.165, 1.54) is 17.0 Å². The minimum absolute atomic E-state index is 0.0234. The van der Waals surface area contributed by atoms with Gasteiger partial charge in [0.2, 0.25) is 0 Å². The van der Waals surface area contributed by atoms with Crippen molar-refractivity contribution in [3.8, 4) is 0 Å². The lowest BCUT2D eigenvalue weighted by Crippen LogP contribution is -2.49. The van der Waals surface area contributed by atoms with Crippen molar-refractivity contribution in [1.82, 2.24) is 9.71 Å². The molecule has 1 aromatic heterocycles. The monoisotopic (exact) mass is 456 g/mol. The third-order valence-corrected chi connectivity index (χ3v) is 6.83. The van der Waals surface area contributed by atoms with Crippen molar-refractivity contribution in [3.05, 3.63) is 83.0 Å². The number of nitrogens with one attached hydrogen (secondary N) is 1. The van der Waals surface area contributed by atoms with Gasteiger partial charge in [-0.15, -0.1) is 0 Å². The first kappa shape index (κ1) is 21.1. The first-order valence-corrected chi connectivity index (χ1v) is 11.5. The van der Waals surface area contributed by atoms with Gasteiger partial charge in [-0.25, -0.2) is 22.9 Å². The average molecular weight is 457 g/mol. The Morgan fingerprint density at radius 2 is 1.87 bits per heavy atom. The molecule has 1 unspecified atom stereocenters. The van der Waals surface area contributed by atoms with E-state index in [1.54, 1.807) is 36.5 Å². The van der Waals surface area contributed by atoms with Gasteiger partial charge in [0, 0.05) is 17.8 Å². The summed E-state index contributed by atoms with van der Waals surface area (Å²) in [5.74, 6) is 0.608. The first-order valence-electron chi connectivity index (χ1n) is 9.65. The van der Waals surface area contributed by atoms with Crippen LogP contribution in [0.2, 0.25) is 5.02 Å². The molecule has 1 aliphatic heterocycles. The van der Waals surface area contributed by atoms with Crippen LogP contribution in [0.15, 0.2) is 71.8 Å². The highest BCUT2D eigenvalue weighted by molar-refractivity contribution is 7.90. The summed E-state index contributed by atoms with van der Waals surface area (Å²) < 4.78 is 27.5. The summed E-state index contributed by atoms with van der Waals surface area (Å²) >= 11 is 6.08. The predicted molar refractivity (Wildman–Crippen MR) is 121 cm³/mol. The van der Waals surface area contributed by atoms with E-state index in [-0.39, 0.29) is 4.90 Å². The third kappa shape index (κ3) is 4.08. The number of carbonyl (C=O) groups excluding carboxylic acids is 1. The smallest absolute Gasteiger partial charge is 0.330 e. The number of carbonyl (C=O) groups is 1. The summed E-state index contributed by atoms with van der Waals surface area (Å²) in [5.41, 5.74) is 2.60. The van der Waals surface area contributed by atoms with Crippen LogP contribution in [0.3, 0.4) is 0 Å². The van der Waals surface area contributed by atoms with Crippen LogP contribution in [-0.2, 0) is 16.6 Å². The van der Waals surface area contributed by atoms with Crippen molar-refractivity contribution in [2.75, 3.05) is 9.80 Å². The minimum Gasteiger partial charge on any atom is -0.330 e. The molecule has 0 saturated carbocycles. The Bertz CT molecular complexity index is 1230. The van der Waals surface area contributed by atoms with Gasteiger partial charge in [0.05, 0.1) is 10.6 Å². The van der Waals surface area contributed by atoms with Gasteiger partial charge in [-0.1, -0.05) is 35.9 Å². The van der Waals surface area contributed by atoms with E-state index in [0.29, 0.717) is 23.1 Å². The van der Waals surface area contributed by atoms with Gasteiger partial charge >= 0.3 is 6.03 Å². The fourth-order valence-electron chi connectivity index (χ4n) is 3.64. The van der Waals surface area contributed by atoms with Gasteiger partial charge < -0.3 is 4.90 Å². The van der Waals surface area contributed by atoms with Crippen LogP contribution in [0.4, 0.5) is 16.3 Å². The molecule has 3 aromatic rings. The van der Waals surface area contributed by atoms with Gasteiger partial charge in [-0.05, 0) is 61.4 Å². The lowest BCUT2D eigenvalue weighted by atomic mass is 10.1. The van der Waals surface area contributed by atoms with E-state index in [4.69, 9.17) is 11.6 Å². The topological polar surface area (TPSA) is 82.6 Å². The number of aromatic nitrogens is 1. The Labute approximate surface area is 186 Å². The molecule has 1 aliphatic rings. The van der Waals surface area contributed by atoms with Crippen LogP contribution in [-0.4, -0.2) is 25.6 Å². The average Bonchev–Trinajstić information content (AvgIpc) is 3.02. The van der Waals surface area contributed by atoms with Gasteiger partial charge in [0.15, 0.2) is 5.82 Å². The van der Waals surface area contributed by atoms with Gasteiger partial charge in [-0.2, -0.15) is 0 Å². The lowest BCUT2D eigenvalue weighted by molar-refractivity contribution is 0.249. The number of halogens is 1. The quantitative estimate of drug-likeness (QED) is 0.632. The molecule has 1 N–H and O–H groups in total. The van der Waals surface area contributed by atoms with Crippen LogP contribution in [0.5, 0.6) is 0 Å². The molecule has 0 radical (unpaired) electrons. The fourth-order valence-corrected chi connectivity index (χ4v) is 4.83. The third-order valence-electron chi connectivity index (χ3n) is 5.26. The Hall–Kier alpha value is -3.10. The largest absolute Gasteiger partial charge is 0.337 e. The summed E-state index contributed by atoms with van der Waals surface area (Å²) in [4.78, 5) is 20.9. The molecule has 31 heavy (non-hydrogen) atoms. The van der Waals surface area contributed by atoms with Crippen molar-refractivity contribution in [1.29, 1.82) is 0 Å². The number of fused-ring (bicyclic) bond motifs is 1. The molecule has 1 atom stereocenters. The number of pyridine rings is 1. The Balaban J connectivity index is 1.64. The molecule has 0 spiro atoms. The maximum atomic E-state index is 13.1. The number of urea groups is 1. The number of rotatable bonds is 4. The van der Waals surface area contributed by atoms with Crippen LogP contribution in [0, 0.1) is 6.92 Å². The second-order valence-electron chi connectivity index (χ2n) is 7.27. The molecule has 0 aliphatic carbocycles. The number of hydrogen-bond donors (Lipinski definition) is 1. The van der Waals surface area contributed by atoms with Gasteiger partial charge in [0.25, 0.3) is 10.0 Å². The highest BCUT2D eigenvalue weighted by Gasteiger charge is 2.39. The van der Waals surface area contributed by atoms with Gasteiger partial charge in [-0.3, -0.25) is 4.90 Å². The summed E-state index contributed by atoms with van der Waals surface area (Å²) in [6, 6.07) is 16.2. The fraction of sp³-hybridized carbons (Fsp3) is 0.182. The molecule has 160 valence electrons. The predicted octanol–water partition coefficient (Wildman–Crippen LogP) is 4.31. The van der Waals surface area contributed by atoms with E-state index in [1.807, 2.05) is 36.9 Å². The SMILES string of the molecule is Cc1cc(Cl)ccc1CN1c2ncccc2N(C(=O)NS(=O)(=O)c2ccccc2)C1C. The van der Waals surface area contributed by atoms with Gasteiger partial charge in [0.1, 0.15) is 6.17 Å². The summed E-state index contributed by atoms with van der Waals surface area (Å²) in [6.45, 7) is 4.29. The number of benzene rings is 2. The van der Waals surface area contributed by atoms with Crippen LogP contribution in [0.25, 0.3) is 0 Å². The standard InChI is InChI=1S/C22H21ClN4O3S/c1-15-13-18(23)11-10-17(15)14-26-16(2)27(20-9-6-12-24-21(20)26)22(28)25-31(29,30)19-7-4-3-5-8-19/h3-13,16H,14H2,1-2H3,(H,25,28). The van der Waals surface area contributed by atoms with E-state index in [9.17, 15) is 13.2 Å². The Morgan fingerprint density at radius 1 is 1.13 bits per heavy atom. The second kappa shape index (κ2) is 8.20. The van der Waals surface area contributed by atoms with Crippen LogP contribution in [0.1, 0.15) is 18.1 Å². The summed E-state index contributed by atoms with van der Waals surface area (Å²) in [5, 5.41) is 0.654. The van der Waals surface area contributed by atoms with E-state index in [2.05, 4.69) is 9.71 Å². The lowest BCUT2D eigenvalue weighted by Gasteiger charge is -2.28. The van der Waals surface area contributed by atoms with E-state index >= 15 is 0 Å². The van der Waals surface area contributed by atoms with Crippen molar-refractivity contribution >= 4 is 39.2 Å². The molecule has 2 aromatic carbocycles. The molecular weight excluding hydrogens is 436 g/mol. The van der Waals surface area contributed by atoms with Crippen LogP contribution >= 0.6 is 11.6 Å². The maximum Gasteiger partial charge on any atom is 0.337 e. The molecule has 4 rings (SSSR count). The molecular formula is C22H21ClN4O3S. The maximum absolute atomic E-state index is 13.1. The Morgan fingerprint density at radius 3 is 2.58 bits per heavy atom. The number of aryl methyl sites for hydroxylation is 1. The second-order valence-corrected chi connectivity index (χ2v) is 9.39. The molecule has 9 heteroatoms. The normalized spacial score (nSPS) is 15.6. The molecule has 0 saturated heterocycles. The first-order chi connectivity index (χ1) is 14.8. The summed E-state index contributed by atoms with van der Waals surface area (Å²) in [6.07, 6.45) is 1.20. The zero-order valence-electron chi connectivity index (χ0n) is 17.0. The number of nitrogens with zero attached hydrogens (tertiary/aromatic N) is 3. The van der Waals surface area contributed by atoms with Crippen molar-refractivity contribution < 1.29 is 13.2 Å². The van der Waals surface area contributed by atoms with Crippen molar-refractivity contribution in [3.63, 3.8) is 0 Å². The molecule has 2 amide bonds. The molecule has 7 nitrogen and oxygen atoms in total. The number of amides is 2. The zero-order chi connectivity index (χ0) is 22.2.